The monoisotopic (exact) mass is 312 g/mol. The van der Waals surface area contributed by atoms with Gasteiger partial charge in [-0.25, -0.2) is 9.78 Å². The van der Waals surface area contributed by atoms with Gasteiger partial charge in [0.25, 0.3) is 0 Å². The summed E-state index contributed by atoms with van der Waals surface area (Å²) in [6.07, 6.45) is 4.97. The molecule has 0 fully saturated rings. The number of hydrogen-bond acceptors (Lipinski definition) is 6. The summed E-state index contributed by atoms with van der Waals surface area (Å²) in [7, 11) is -5.39. The van der Waals surface area contributed by atoms with E-state index in [9.17, 15) is 0 Å². The Kier molecular flexibility index (Phi) is 34.8. The van der Waals surface area contributed by atoms with Gasteiger partial charge in [-0.3, -0.25) is 0 Å². The summed E-state index contributed by atoms with van der Waals surface area (Å²) < 4.78 is 8.55. The molecular weight excluding hydrogens is 304 g/mol. The van der Waals surface area contributed by atoms with E-state index in [1.807, 2.05) is 12.2 Å². The molecular formula is C5H8K3O6P. The second-order valence-electron chi connectivity index (χ2n) is 1.81. The van der Waals surface area contributed by atoms with Crippen molar-refractivity contribution in [2.75, 3.05) is 13.2 Å². The van der Waals surface area contributed by atoms with Gasteiger partial charge in [-0.2, -0.15) is 7.82 Å². The summed E-state index contributed by atoms with van der Waals surface area (Å²) in [6, 6.07) is 0. The van der Waals surface area contributed by atoms with Crippen molar-refractivity contribution in [3.05, 3.63) is 12.2 Å². The van der Waals surface area contributed by atoms with Crippen LogP contribution in [0.5, 0.6) is 0 Å². The number of hydrogen-bond donors (Lipinski definition) is 0. The Hall–Kier alpha value is 4.68. The van der Waals surface area contributed by atoms with Crippen molar-refractivity contribution in [1.82, 2.24) is 0 Å². The zero-order valence-electron chi connectivity index (χ0n) is 9.17. The van der Waals surface area contributed by atoms with Gasteiger partial charge in [0, 0.05) is 0 Å². The first-order valence-corrected chi connectivity index (χ1v) is 4.58. The van der Waals surface area contributed by atoms with Crippen molar-refractivity contribution in [3.63, 3.8) is 0 Å². The second-order valence-corrected chi connectivity index (χ2v) is 2.71. The Balaban J connectivity index is -0.0000000701. The molecule has 0 saturated carbocycles. The van der Waals surface area contributed by atoms with Crippen LogP contribution < -0.4 is 169 Å². The van der Waals surface area contributed by atoms with Crippen LogP contribution in [0.1, 0.15) is 6.42 Å². The molecule has 0 aromatic rings. The van der Waals surface area contributed by atoms with Gasteiger partial charge in [0.05, 0.1) is 6.61 Å². The molecule has 0 saturated heterocycles. The predicted molar refractivity (Wildman–Crippen MR) is 33.3 cm³/mol. The molecule has 1 aliphatic rings. The summed E-state index contributed by atoms with van der Waals surface area (Å²) in [5.74, 6) is 0. The SMILES string of the molecule is C1=CCOOCC1.O=P([O-])([O-])[O-].[K+].[K+].[K+]. The predicted octanol–water partition coefficient (Wildman–Crippen LogP) is -10.9. The van der Waals surface area contributed by atoms with E-state index in [1.165, 1.54) is 0 Å². The van der Waals surface area contributed by atoms with E-state index in [4.69, 9.17) is 19.2 Å². The summed E-state index contributed by atoms with van der Waals surface area (Å²) in [6.45, 7) is 1.29. The molecule has 1 aliphatic heterocycles. The standard InChI is InChI=1S/C5H8O2.3K.H3O4P/c1-2-4-6-7-5-3-1;;;;1-5(2,3)4/h1-2H,3-5H2;;;;(H3,1,2,3,4)/q;3*+1;/p-3. The van der Waals surface area contributed by atoms with Gasteiger partial charge in [-0.15, -0.1) is 0 Å². The van der Waals surface area contributed by atoms with Crippen molar-refractivity contribution >= 4 is 7.82 Å². The van der Waals surface area contributed by atoms with E-state index >= 15 is 0 Å². The molecule has 72 valence electrons. The Morgan fingerprint density at radius 2 is 1.47 bits per heavy atom. The Morgan fingerprint density at radius 3 is 1.93 bits per heavy atom. The van der Waals surface area contributed by atoms with E-state index in [0.717, 1.165) is 6.42 Å². The van der Waals surface area contributed by atoms with Gasteiger partial charge in [0.2, 0.25) is 0 Å². The third-order valence-corrected chi connectivity index (χ3v) is 0.782. The van der Waals surface area contributed by atoms with Crippen LogP contribution in [0.3, 0.4) is 0 Å². The maximum Gasteiger partial charge on any atom is 1.00 e. The third kappa shape index (κ3) is 38.1. The Morgan fingerprint density at radius 1 is 1.00 bits per heavy atom. The first-order valence-electron chi connectivity index (χ1n) is 3.12. The van der Waals surface area contributed by atoms with Crippen molar-refractivity contribution < 1.29 is 183 Å². The van der Waals surface area contributed by atoms with Crippen LogP contribution in [0.2, 0.25) is 0 Å². The maximum absolute atomic E-state index is 8.55. The second kappa shape index (κ2) is 18.7. The molecule has 0 atom stereocenters. The fourth-order valence-electron chi connectivity index (χ4n) is 0.448. The zero-order valence-corrected chi connectivity index (χ0v) is 19.4. The average Bonchev–Trinajstić information content (AvgIpc) is 2.10. The van der Waals surface area contributed by atoms with Crippen molar-refractivity contribution in [1.29, 1.82) is 0 Å². The number of phosphoric acid groups is 1. The van der Waals surface area contributed by atoms with Crippen LogP contribution in [0.15, 0.2) is 12.2 Å². The average molecular weight is 312 g/mol. The number of rotatable bonds is 0. The molecule has 1 rings (SSSR count). The topological polar surface area (TPSA) is 105 Å². The molecule has 0 aromatic heterocycles. The summed E-state index contributed by atoms with van der Waals surface area (Å²) in [5.41, 5.74) is 0. The summed E-state index contributed by atoms with van der Waals surface area (Å²) >= 11 is 0. The normalized spacial score (nSPS) is 14.1. The van der Waals surface area contributed by atoms with E-state index in [0.29, 0.717) is 13.2 Å². The van der Waals surface area contributed by atoms with Gasteiger partial charge in [0.15, 0.2) is 0 Å². The fourth-order valence-corrected chi connectivity index (χ4v) is 0.448. The van der Waals surface area contributed by atoms with Crippen LogP contribution in [0.4, 0.5) is 0 Å². The smallest absolute Gasteiger partial charge is 0.822 e. The minimum absolute atomic E-state index is 0. The molecule has 10 heteroatoms. The van der Waals surface area contributed by atoms with Crippen LogP contribution in [-0.4, -0.2) is 13.2 Å². The van der Waals surface area contributed by atoms with Crippen LogP contribution in [0, 0.1) is 0 Å². The molecule has 0 unspecified atom stereocenters. The quantitative estimate of drug-likeness (QED) is 0.190. The molecule has 0 radical (unpaired) electrons. The molecule has 0 amide bonds. The van der Waals surface area contributed by atoms with Crippen molar-refractivity contribution in [2.24, 2.45) is 0 Å². The first-order chi connectivity index (χ1) is 5.50. The zero-order chi connectivity index (χ0) is 9.45. The molecule has 6 nitrogen and oxygen atoms in total. The third-order valence-electron chi connectivity index (χ3n) is 0.782. The minimum Gasteiger partial charge on any atom is -0.822 e. The van der Waals surface area contributed by atoms with Gasteiger partial charge in [-0.1, -0.05) is 12.2 Å². The van der Waals surface area contributed by atoms with Crippen LogP contribution in [-0.2, 0) is 14.3 Å². The molecule has 0 aliphatic carbocycles. The van der Waals surface area contributed by atoms with Gasteiger partial charge in [-0.05, 0) is 6.42 Å². The van der Waals surface area contributed by atoms with Gasteiger partial charge >= 0.3 is 154 Å². The van der Waals surface area contributed by atoms with Gasteiger partial charge < -0.3 is 19.2 Å². The fraction of sp³-hybridized carbons (Fsp3) is 0.600. The molecule has 1 heterocycles. The van der Waals surface area contributed by atoms with Crippen LogP contribution >= 0.6 is 7.82 Å². The van der Waals surface area contributed by atoms with Crippen LogP contribution in [0.25, 0.3) is 0 Å². The van der Waals surface area contributed by atoms with Crippen molar-refractivity contribution in [3.8, 4) is 0 Å². The minimum atomic E-state index is -5.39. The molecule has 0 spiro atoms. The Labute approximate surface area is 216 Å². The first kappa shape index (κ1) is 27.9. The Bertz CT molecular complexity index is 167. The van der Waals surface area contributed by atoms with E-state index < -0.39 is 7.82 Å². The van der Waals surface area contributed by atoms with Gasteiger partial charge in [0.1, 0.15) is 6.61 Å². The summed E-state index contributed by atoms with van der Waals surface area (Å²) in [5, 5.41) is 0. The largest absolute Gasteiger partial charge is 1.00 e. The molecule has 0 N–H and O–H groups in total. The summed E-state index contributed by atoms with van der Waals surface area (Å²) in [4.78, 5) is 34.9. The van der Waals surface area contributed by atoms with E-state index in [2.05, 4.69) is 9.78 Å². The van der Waals surface area contributed by atoms with E-state index in [-0.39, 0.29) is 154 Å². The molecule has 15 heavy (non-hydrogen) atoms. The maximum atomic E-state index is 8.55. The molecule has 0 aromatic carbocycles. The molecule has 0 bridgehead atoms. The van der Waals surface area contributed by atoms with E-state index in [1.54, 1.807) is 0 Å². The van der Waals surface area contributed by atoms with Crippen molar-refractivity contribution in [2.45, 2.75) is 6.42 Å².